The molecule has 10 nitrogen and oxygen atoms in total. The van der Waals surface area contributed by atoms with Gasteiger partial charge in [-0.3, -0.25) is 14.5 Å². The smallest absolute Gasteiger partial charge is 0.273 e. The zero-order valence-corrected chi connectivity index (χ0v) is 20.5. The molecule has 1 saturated heterocycles. The molecular weight excluding hydrogens is 494 g/mol. The number of fused-ring (bicyclic) bond motifs is 1. The Morgan fingerprint density at radius 1 is 1.27 bits per heavy atom. The van der Waals surface area contributed by atoms with Crippen LogP contribution in [0.15, 0.2) is 42.7 Å². The lowest BCUT2D eigenvalue weighted by Gasteiger charge is -2.36. The quantitative estimate of drug-likeness (QED) is 0.491. The number of nitrogens with zero attached hydrogens (tertiary/aromatic N) is 6. The number of carbonyl (C=O) groups is 2. The van der Waals surface area contributed by atoms with Crippen molar-refractivity contribution in [2.45, 2.75) is 37.3 Å². The zero-order valence-electron chi connectivity index (χ0n) is 19.8. The fourth-order valence-electron chi connectivity index (χ4n) is 5.33. The van der Waals surface area contributed by atoms with Gasteiger partial charge in [-0.15, -0.1) is 5.10 Å². The molecule has 3 aliphatic rings. The van der Waals surface area contributed by atoms with E-state index in [2.05, 4.69) is 26.7 Å². The van der Waals surface area contributed by atoms with E-state index in [9.17, 15) is 20.0 Å². The number of anilines is 1. The second-order valence-corrected chi connectivity index (χ2v) is 10.4. The molecule has 11 heteroatoms. The maximum absolute atomic E-state index is 12.8. The van der Waals surface area contributed by atoms with Crippen LogP contribution in [0.2, 0.25) is 5.02 Å². The van der Waals surface area contributed by atoms with Crippen molar-refractivity contribution in [1.29, 1.82) is 5.26 Å². The molecule has 1 aromatic carbocycles. The molecule has 0 spiro atoms. The van der Waals surface area contributed by atoms with Gasteiger partial charge in [-0.25, -0.2) is 9.67 Å². The molecule has 2 aliphatic carbocycles. The summed E-state index contributed by atoms with van der Waals surface area (Å²) in [7, 11) is 0. The number of rotatable bonds is 7. The van der Waals surface area contributed by atoms with Gasteiger partial charge in [-0.05, 0) is 66.5 Å². The van der Waals surface area contributed by atoms with Crippen molar-refractivity contribution in [2.24, 2.45) is 11.8 Å². The van der Waals surface area contributed by atoms with Crippen LogP contribution in [0.25, 0.3) is 0 Å². The van der Waals surface area contributed by atoms with Crippen LogP contribution in [0, 0.1) is 23.2 Å². The Kier molecular flexibility index (Phi) is 5.89. The summed E-state index contributed by atoms with van der Waals surface area (Å²) < 4.78 is 1.44. The summed E-state index contributed by atoms with van der Waals surface area (Å²) >= 11 is 6.10. The van der Waals surface area contributed by atoms with Crippen LogP contribution >= 0.6 is 11.6 Å². The summed E-state index contributed by atoms with van der Waals surface area (Å²) in [5.41, 5.74) is 2.34. The average Bonchev–Trinajstić information content (AvgIpc) is 3.35. The predicted octanol–water partition coefficient (Wildman–Crippen LogP) is 2.44. The molecule has 188 valence electrons. The number of nitrogens with one attached hydrogen (secondary N) is 1. The van der Waals surface area contributed by atoms with Crippen molar-refractivity contribution in [3.8, 4) is 6.07 Å². The van der Waals surface area contributed by atoms with Crippen LogP contribution in [0.4, 0.5) is 5.82 Å². The van der Waals surface area contributed by atoms with Gasteiger partial charge in [0.05, 0.1) is 24.4 Å². The highest BCUT2D eigenvalue weighted by Gasteiger charge is 2.52. The zero-order chi connectivity index (χ0) is 25.7. The minimum absolute atomic E-state index is 0.0436. The lowest BCUT2D eigenvalue weighted by molar-refractivity contribution is -0.118. The van der Waals surface area contributed by atoms with Crippen LogP contribution in [-0.2, 0) is 4.79 Å². The number of halogens is 1. The number of aliphatic hydroxyl groups is 1. The maximum atomic E-state index is 12.8. The first-order valence-electron chi connectivity index (χ1n) is 12.3. The van der Waals surface area contributed by atoms with Gasteiger partial charge in [0.25, 0.3) is 5.91 Å². The molecule has 2 amide bonds. The fourth-order valence-corrected chi connectivity index (χ4v) is 5.51. The van der Waals surface area contributed by atoms with E-state index in [1.807, 2.05) is 12.1 Å². The Hall–Kier alpha value is -3.81. The van der Waals surface area contributed by atoms with Gasteiger partial charge >= 0.3 is 0 Å². The van der Waals surface area contributed by atoms with E-state index in [1.54, 1.807) is 29.3 Å². The Bertz CT molecular complexity index is 1410. The maximum Gasteiger partial charge on any atom is 0.273 e. The standard InChI is InChI=1S/C26H24ClN7O3/c27-18-3-1-14(9-28)20(8-18)16-5-19(6-16)30-25(36)22-12-34(32-31-22)23(13-35)15-2-4-24(29-10-15)33-11-17-7-21(17)26(33)37/h1-4,8,10,12,16-17,19,21,23,35H,5-7,11,13H2,(H,30,36)/t16-,17-,19+,21-,23?/m1/s1. The normalized spacial score (nSPS) is 24.7. The van der Waals surface area contributed by atoms with E-state index in [4.69, 9.17) is 11.6 Å². The summed E-state index contributed by atoms with van der Waals surface area (Å²) in [6, 6.07) is 10.4. The molecule has 37 heavy (non-hydrogen) atoms. The van der Waals surface area contributed by atoms with E-state index in [1.165, 1.54) is 10.9 Å². The van der Waals surface area contributed by atoms with Crippen molar-refractivity contribution in [3.63, 3.8) is 0 Å². The van der Waals surface area contributed by atoms with Gasteiger partial charge in [-0.1, -0.05) is 22.9 Å². The number of aliphatic hydroxyl groups excluding tert-OH is 1. The van der Waals surface area contributed by atoms with E-state index >= 15 is 0 Å². The van der Waals surface area contributed by atoms with Crippen LogP contribution in [0.1, 0.15) is 58.4 Å². The van der Waals surface area contributed by atoms with Crippen LogP contribution < -0.4 is 10.2 Å². The molecule has 2 saturated carbocycles. The molecule has 3 aromatic rings. The Morgan fingerprint density at radius 3 is 2.78 bits per heavy atom. The number of amides is 2. The number of benzene rings is 1. The SMILES string of the molecule is N#Cc1ccc(Cl)cc1[C@H]1C[C@@H](NC(=O)c2cn(C(CO)c3ccc(N4C[C@H]5C[C@H]5C4=O)nc3)nn2)C1. The number of hydrogen-bond donors (Lipinski definition) is 2. The largest absolute Gasteiger partial charge is 0.394 e. The van der Waals surface area contributed by atoms with Gasteiger partial charge in [0.2, 0.25) is 5.91 Å². The first-order valence-corrected chi connectivity index (χ1v) is 12.6. The van der Waals surface area contributed by atoms with Gasteiger partial charge in [0.1, 0.15) is 11.9 Å². The first kappa shape index (κ1) is 23.6. The molecular formula is C26H24ClN7O3. The minimum Gasteiger partial charge on any atom is -0.394 e. The summed E-state index contributed by atoms with van der Waals surface area (Å²) in [6.07, 6.45) is 5.51. The fraction of sp³-hybridized carbons (Fsp3) is 0.385. The Morgan fingerprint density at radius 2 is 2.11 bits per heavy atom. The number of pyridine rings is 1. The highest BCUT2D eigenvalue weighted by molar-refractivity contribution is 6.30. The van der Waals surface area contributed by atoms with Crippen molar-refractivity contribution < 1.29 is 14.7 Å². The summed E-state index contributed by atoms with van der Waals surface area (Å²) in [4.78, 5) is 31.2. The minimum atomic E-state index is -0.571. The predicted molar refractivity (Wildman–Crippen MR) is 133 cm³/mol. The first-order chi connectivity index (χ1) is 17.9. The second-order valence-electron chi connectivity index (χ2n) is 9.97. The Balaban J connectivity index is 1.08. The highest BCUT2D eigenvalue weighted by atomic mass is 35.5. The lowest BCUT2D eigenvalue weighted by atomic mass is 9.74. The van der Waals surface area contributed by atoms with Gasteiger partial charge in [0.15, 0.2) is 5.69 Å². The van der Waals surface area contributed by atoms with Crippen molar-refractivity contribution in [1.82, 2.24) is 25.3 Å². The van der Waals surface area contributed by atoms with E-state index in [0.717, 1.165) is 12.0 Å². The summed E-state index contributed by atoms with van der Waals surface area (Å²) in [5.74, 6) is 1.16. The lowest BCUT2D eigenvalue weighted by Crippen LogP contribution is -2.43. The summed E-state index contributed by atoms with van der Waals surface area (Å²) in [6.45, 7) is 0.449. The number of nitriles is 1. The molecule has 3 heterocycles. The average molecular weight is 518 g/mol. The van der Waals surface area contributed by atoms with Crippen molar-refractivity contribution in [3.05, 3.63) is 70.1 Å². The number of carbonyl (C=O) groups excluding carboxylic acids is 2. The van der Waals surface area contributed by atoms with E-state index < -0.39 is 6.04 Å². The molecule has 2 N–H and O–H groups in total. The summed E-state index contributed by atoms with van der Waals surface area (Å²) in [5, 5.41) is 31.0. The monoisotopic (exact) mass is 517 g/mol. The molecule has 6 rings (SSSR count). The number of aromatic nitrogens is 4. The Labute approximate surface area is 217 Å². The molecule has 2 aromatic heterocycles. The molecule has 3 atom stereocenters. The molecule has 1 aliphatic heterocycles. The van der Waals surface area contributed by atoms with Gasteiger partial charge in [-0.2, -0.15) is 5.26 Å². The van der Waals surface area contributed by atoms with E-state index in [-0.39, 0.29) is 42.0 Å². The number of hydrogen-bond acceptors (Lipinski definition) is 7. The third-order valence-electron chi connectivity index (χ3n) is 7.64. The molecule has 1 unspecified atom stereocenters. The second kappa shape index (κ2) is 9.25. The van der Waals surface area contributed by atoms with E-state index in [0.29, 0.717) is 47.3 Å². The van der Waals surface area contributed by atoms with Crippen LogP contribution in [0.3, 0.4) is 0 Å². The number of piperidine rings is 1. The third kappa shape index (κ3) is 4.34. The third-order valence-corrected chi connectivity index (χ3v) is 7.87. The molecule has 0 bridgehead atoms. The van der Waals surface area contributed by atoms with Gasteiger partial charge in [0, 0.05) is 29.7 Å². The highest BCUT2D eigenvalue weighted by Crippen LogP contribution is 2.47. The molecule has 3 fully saturated rings. The van der Waals surface area contributed by atoms with Gasteiger partial charge < -0.3 is 10.4 Å². The van der Waals surface area contributed by atoms with Crippen LogP contribution in [-0.4, -0.2) is 56.1 Å². The molecule has 0 radical (unpaired) electrons. The van der Waals surface area contributed by atoms with Crippen molar-refractivity contribution >= 4 is 29.2 Å². The van der Waals surface area contributed by atoms with Crippen molar-refractivity contribution in [2.75, 3.05) is 18.1 Å². The topological polar surface area (TPSA) is 137 Å². The van der Waals surface area contributed by atoms with Crippen LogP contribution in [0.5, 0.6) is 0 Å².